The molecule has 0 bridgehead atoms. The molecule has 0 saturated heterocycles. The molecule has 1 aromatic rings. The summed E-state index contributed by atoms with van der Waals surface area (Å²) in [4.78, 5) is 8.39. The summed E-state index contributed by atoms with van der Waals surface area (Å²) >= 11 is 0. The molecule has 0 amide bonds. The van der Waals surface area contributed by atoms with Gasteiger partial charge in [0.25, 0.3) is 5.90 Å². The largest absolute Gasteiger partial charge is 0.479 e. The van der Waals surface area contributed by atoms with Crippen LogP contribution in [-0.4, -0.2) is 32.9 Å². The Morgan fingerprint density at radius 3 is 2.58 bits per heavy atom. The second-order valence-corrected chi connectivity index (χ2v) is 3.43. The van der Waals surface area contributed by atoms with Crippen molar-refractivity contribution < 1.29 is 14.3 Å². The maximum Gasteiger partial charge on any atom is 0.254 e. The van der Waals surface area contributed by atoms with Crippen LogP contribution in [0.5, 0.6) is 0 Å². The van der Waals surface area contributed by atoms with E-state index in [0.29, 0.717) is 12.3 Å². The number of benzene rings is 1. The number of aliphatic imine (C=N–C) groups is 1. The number of oxime groups is 1. The smallest absolute Gasteiger partial charge is 0.254 e. The van der Waals surface area contributed by atoms with Crippen molar-refractivity contribution in [2.24, 2.45) is 10.1 Å². The number of hydrogen-bond donors (Lipinski definition) is 0. The van der Waals surface area contributed by atoms with Crippen LogP contribution in [0.15, 0.2) is 34.4 Å². The molecule has 0 unspecified atom stereocenters. The predicted molar refractivity (Wildman–Crippen MR) is 70.8 cm³/mol. The van der Waals surface area contributed by atoms with Gasteiger partial charge in [-0.05, 0) is 5.56 Å². The fourth-order valence-electron chi connectivity index (χ4n) is 1.57. The standard InChI is InChI=1S/C13H15N3O3/c1-17-8-10-6-4-5-7-11(10)12(16-19-3)13(18-2)15-9-14/h4-7H,8H2,1-3H3. The third kappa shape index (κ3) is 3.79. The van der Waals surface area contributed by atoms with Crippen molar-refractivity contribution in [2.75, 3.05) is 21.3 Å². The highest BCUT2D eigenvalue weighted by molar-refractivity contribution is 6.45. The van der Waals surface area contributed by atoms with Gasteiger partial charge in [-0.2, -0.15) is 5.26 Å². The highest BCUT2D eigenvalue weighted by Gasteiger charge is 2.17. The summed E-state index contributed by atoms with van der Waals surface area (Å²) in [6.45, 7) is 0.405. The van der Waals surface area contributed by atoms with E-state index in [1.165, 1.54) is 14.2 Å². The maximum absolute atomic E-state index is 8.67. The molecular weight excluding hydrogens is 246 g/mol. The normalized spacial score (nSPS) is 11.9. The molecule has 6 nitrogen and oxygen atoms in total. The van der Waals surface area contributed by atoms with Crippen LogP contribution >= 0.6 is 0 Å². The lowest BCUT2D eigenvalue weighted by molar-refractivity contribution is 0.184. The van der Waals surface area contributed by atoms with Crippen molar-refractivity contribution in [2.45, 2.75) is 6.61 Å². The summed E-state index contributed by atoms with van der Waals surface area (Å²) in [5.74, 6) is 0.0907. The van der Waals surface area contributed by atoms with Gasteiger partial charge in [-0.3, -0.25) is 0 Å². The van der Waals surface area contributed by atoms with E-state index >= 15 is 0 Å². The molecule has 1 rings (SSSR count). The SMILES string of the molecule is COCc1ccccc1C(=NOC)C(=NC#N)OC. The molecule has 0 radical (unpaired) electrons. The molecule has 0 aromatic heterocycles. The lowest BCUT2D eigenvalue weighted by Gasteiger charge is -2.11. The monoisotopic (exact) mass is 261 g/mol. The summed E-state index contributed by atoms with van der Waals surface area (Å²) < 4.78 is 10.2. The van der Waals surface area contributed by atoms with Crippen LogP contribution in [0, 0.1) is 11.5 Å². The van der Waals surface area contributed by atoms with Crippen molar-refractivity contribution in [3.63, 3.8) is 0 Å². The first-order valence-electron chi connectivity index (χ1n) is 5.48. The minimum Gasteiger partial charge on any atom is -0.479 e. The molecule has 19 heavy (non-hydrogen) atoms. The Morgan fingerprint density at radius 1 is 1.26 bits per heavy atom. The van der Waals surface area contributed by atoms with E-state index in [0.717, 1.165) is 11.1 Å². The number of nitrogens with zero attached hydrogens (tertiary/aromatic N) is 3. The Balaban J connectivity index is 3.32. The summed E-state index contributed by atoms with van der Waals surface area (Å²) in [6, 6.07) is 7.46. The molecule has 0 fully saturated rings. The van der Waals surface area contributed by atoms with E-state index in [-0.39, 0.29) is 5.90 Å². The van der Waals surface area contributed by atoms with E-state index in [2.05, 4.69) is 10.1 Å². The van der Waals surface area contributed by atoms with E-state index in [1.54, 1.807) is 13.3 Å². The average Bonchev–Trinajstić information content (AvgIpc) is 2.44. The van der Waals surface area contributed by atoms with Crippen LogP contribution in [-0.2, 0) is 20.9 Å². The molecule has 0 aliphatic heterocycles. The fraction of sp³-hybridized carbons (Fsp3) is 0.308. The summed E-state index contributed by atoms with van der Waals surface area (Å²) in [7, 11) is 4.43. The first-order chi connectivity index (χ1) is 9.28. The van der Waals surface area contributed by atoms with Crippen molar-refractivity contribution in [1.29, 1.82) is 5.26 Å². The third-order valence-electron chi connectivity index (χ3n) is 2.30. The zero-order valence-corrected chi connectivity index (χ0v) is 11.1. The fourth-order valence-corrected chi connectivity index (χ4v) is 1.57. The van der Waals surface area contributed by atoms with Gasteiger partial charge in [-0.25, -0.2) is 0 Å². The molecular formula is C13H15N3O3. The molecule has 0 aliphatic carbocycles. The van der Waals surface area contributed by atoms with Crippen molar-refractivity contribution in [3.05, 3.63) is 35.4 Å². The van der Waals surface area contributed by atoms with E-state index in [1.807, 2.05) is 24.3 Å². The van der Waals surface area contributed by atoms with Gasteiger partial charge in [0.15, 0.2) is 5.71 Å². The number of nitriles is 1. The quantitative estimate of drug-likeness (QED) is 0.350. The summed E-state index contributed by atoms with van der Waals surface area (Å²) in [6.07, 6.45) is 1.67. The Bertz CT molecular complexity index is 518. The Morgan fingerprint density at radius 2 is 2.00 bits per heavy atom. The zero-order valence-electron chi connectivity index (χ0n) is 11.1. The first kappa shape index (κ1) is 14.7. The second kappa shape index (κ2) is 7.84. The number of methoxy groups -OCH3 is 2. The lowest BCUT2D eigenvalue weighted by atomic mass is 10.0. The number of hydrogen-bond acceptors (Lipinski definition) is 6. The molecule has 0 spiro atoms. The second-order valence-electron chi connectivity index (χ2n) is 3.43. The minimum atomic E-state index is 0.0907. The van der Waals surface area contributed by atoms with Crippen LogP contribution < -0.4 is 0 Å². The van der Waals surface area contributed by atoms with Gasteiger partial charge in [0, 0.05) is 12.7 Å². The molecule has 0 heterocycles. The summed E-state index contributed by atoms with van der Waals surface area (Å²) in [5, 5.41) is 12.5. The van der Waals surface area contributed by atoms with E-state index in [9.17, 15) is 0 Å². The zero-order chi connectivity index (χ0) is 14.1. The molecule has 100 valence electrons. The Hall–Kier alpha value is -2.39. The average molecular weight is 261 g/mol. The van der Waals surface area contributed by atoms with Crippen molar-refractivity contribution in [1.82, 2.24) is 0 Å². The molecule has 1 aromatic carbocycles. The van der Waals surface area contributed by atoms with E-state index in [4.69, 9.17) is 19.6 Å². The molecule has 0 aliphatic rings. The Kier molecular flexibility index (Phi) is 6.06. The number of rotatable bonds is 5. The number of ether oxygens (including phenoxy) is 2. The minimum absolute atomic E-state index is 0.0907. The van der Waals surface area contributed by atoms with Crippen LogP contribution in [0.1, 0.15) is 11.1 Å². The van der Waals surface area contributed by atoms with Gasteiger partial charge >= 0.3 is 0 Å². The molecule has 0 N–H and O–H groups in total. The molecule has 0 saturated carbocycles. The third-order valence-corrected chi connectivity index (χ3v) is 2.30. The van der Waals surface area contributed by atoms with Crippen molar-refractivity contribution in [3.8, 4) is 6.19 Å². The van der Waals surface area contributed by atoms with Gasteiger partial charge in [-0.15, -0.1) is 4.99 Å². The lowest BCUT2D eigenvalue weighted by Crippen LogP contribution is -2.20. The van der Waals surface area contributed by atoms with Gasteiger partial charge in [-0.1, -0.05) is 29.4 Å². The highest BCUT2D eigenvalue weighted by Crippen LogP contribution is 2.13. The Labute approximate surface area is 111 Å². The highest BCUT2D eigenvalue weighted by atomic mass is 16.6. The maximum atomic E-state index is 8.67. The van der Waals surface area contributed by atoms with Crippen LogP contribution in [0.2, 0.25) is 0 Å². The van der Waals surface area contributed by atoms with Gasteiger partial charge in [0.2, 0.25) is 6.19 Å². The van der Waals surface area contributed by atoms with E-state index < -0.39 is 0 Å². The predicted octanol–water partition coefficient (Wildman–Crippen LogP) is 1.71. The van der Waals surface area contributed by atoms with Gasteiger partial charge < -0.3 is 14.3 Å². The van der Waals surface area contributed by atoms with Gasteiger partial charge in [0.05, 0.1) is 13.7 Å². The van der Waals surface area contributed by atoms with Crippen LogP contribution in [0.25, 0.3) is 0 Å². The summed E-state index contributed by atoms with van der Waals surface area (Å²) in [5.41, 5.74) is 1.98. The molecule has 0 atom stereocenters. The molecule has 6 heteroatoms. The van der Waals surface area contributed by atoms with Crippen LogP contribution in [0.3, 0.4) is 0 Å². The van der Waals surface area contributed by atoms with Crippen LogP contribution in [0.4, 0.5) is 0 Å². The first-order valence-corrected chi connectivity index (χ1v) is 5.48. The topological polar surface area (TPSA) is 76.2 Å². The van der Waals surface area contributed by atoms with Gasteiger partial charge in [0.1, 0.15) is 7.11 Å². The van der Waals surface area contributed by atoms with Crippen molar-refractivity contribution >= 4 is 11.6 Å².